The number of hydrogen-bond acceptors (Lipinski definition) is 0. The Morgan fingerprint density at radius 1 is 1.30 bits per heavy atom. The molecule has 0 aliphatic heterocycles. The van der Waals surface area contributed by atoms with Crippen molar-refractivity contribution in [2.24, 2.45) is 23.2 Å². The zero-order chi connectivity index (χ0) is 6.77. The van der Waals surface area contributed by atoms with Crippen molar-refractivity contribution >= 4 is 0 Å². The van der Waals surface area contributed by atoms with Crippen LogP contribution >= 0.6 is 0 Å². The molecule has 0 heteroatoms. The van der Waals surface area contributed by atoms with E-state index in [2.05, 4.69) is 37.0 Å². The maximum Gasteiger partial charge on any atom is 0.0168 e. The minimum atomic E-state index is 0.416. The first-order valence-corrected chi connectivity index (χ1v) is 3.90. The van der Waals surface area contributed by atoms with Crippen LogP contribution in [0.3, 0.4) is 0 Å². The quantitative estimate of drug-likeness (QED) is 0.477. The number of allylic oxidation sites excluding steroid dienone is 5. The van der Waals surface area contributed by atoms with Gasteiger partial charge in [-0.15, -0.1) is 6.58 Å². The van der Waals surface area contributed by atoms with Gasteiger partial charge in [-0.3, -0.25) is 0 Å². The van der Waals surface area contributed by atoms with Crippen molar-refractivity contribution in [3.63, 3.8) is 0 Å². The van der Waals surface area contributed by atoms with Crippen LogP contribution in [-0.2, 0) is 0 Å². The van der Waals surface area contributed by atoms with Gasteiger partial charge in [0.1, 0.15) is 0 Å². The molecule has 0 heterocycles. The van der Waals surface area contributed by atoms with E-state index in [0.717, 1.165) is 17.8 Å². The topological polar surface area (TPSA) is 0 Å². The van der Waals surface area contributed by atoms with Gasteiger partial charge in [-0.2, -0.15) is 0 Å². The van der Waals surface area contributed by atoms with Crippen molar-refractivity contribution in [3.8, 4) is 0 Å². The van der Waals surface area contributed by atoms with E-state index in [1.165, 1.54) is 0 Å². The summed E-state index contributed by atoms with van der Waals surface area (Å²) >= 11 is 0. The molecule has 3 rings (SSSR count). The normalized spacial score (nSPS) is 59.0. The Labute approximate surface area is 60.9 Å². The highest BCUT2D eigenvalue weighted by molar-refractivity contribution is 5.45. The molecular weight excluding hydrogens is 120 g/mol. The Balaban J connectivity index is 2.17. The molecule has 50 valence electrons. The number of fused-ring (bicyclic) bond motifs is 1. The molecule has 0 saturated heterocycles. The summed E-state index contributed by atoms with van der Waals surface area (Å²) in [6.07, 6.45) is 11.5. The Kier molecular flexibility index (Phi) is 0.574. The fourth-order valence-electron chi connectivity index (χ4n) is 2.74. The maximum absolute atomic E-state index is 3.89. The van der Waals surface area contributed by atoms with Crippen molar-refractivity contribution in [2.75, 3.05) is 0 Å². The van der Waals surface area contributed by atoms with E-state index in [1.807, 2.05) is 0 Å². The average molecular weight is 130 g/mol. The highest BCUT2D eigenvalue weighted by Crippen LogP contribution is 2.71. The number of rotatable bonds is 1. The molecule has 1 saturated carbocycles. The first-order valence-electron chi connectivity index (χ1n) is 3.90. The van der Waals surface area contributed by atoms with Gasteiger partial charge in [0.05, 0.1) is 0 Å². The maximum atomic E-state index is 3.89. The second-order valence-corrected chi connectivity index (χ2v) is 3.58. The average Bonchev–Trinajstić information content (AvgIpc) is 2.31. The molecule has 0 aromatic carbocycles. The molecular formula is C10H10. The lowest BCUT2D eigenvalue weighted by atomic mass is 10.0. The van der Waals surface area contributed by atoms with Crippen LogP contribution in [0.25, 0.3) is 0 Å². The molecule has 3 aliphatic carbocycles. The second-order valence-electron chi connectivity index (χ2n) is 3.58. The van der Waals surface area contributed by atoms with Crippen LogP contribution in [0.5, 0.6) is 0 Å². The van der Waals surface area contributed by atoms with Crippen molar-refractivity contribution in [1.29, 1.82) is 0 Å². The molecule has 1 fully saturated rings. The van der Waals surface area contributed by atoms with Crippen LogP contribution in [-0.4, -0.2) is 0 Å². The highest BCUT2D eigenvalue weighted by Gasteiger charge is 2.66. The van der Waals surface area contributed by atoms with Crippen LogP contribution in [0, 0.1) is 23.2 Å². The summed E-state index contributed by atoms with van der Waals surface area (Å²) in [4.78, 5) is 0. The summed E-state index contributed by atoms with van der Waals surface area (Å²) < 4.78 is 0. The third-order valence-electron chi connectivity index (χ3n) is 3.35. The third kappa shape index (κ3) is 0.287. The zero-order valence-corrected chi connectivity index (χ0v) is 5.83. The standard InChI is InChI=1S/C10H10/c1-2-10-6-5-7-3-4-8(10)9(7)10/h2-9H,1H2. The largest absolute Gasteiger partial charge is 0.102 e. The summed E-state index contributed by atoms with van der Waals surface area (Å²) in [6, 6.07) is 0. The predicted molar refractivity (Wildman–Crippen MR) is 41.4 cm³/mol. The first-order chi connectivity index (χ1) is 4.88. The Morgan fingerprint density at radius 2 is 2.20 bits per heavy atom. The van der Waals surface area contributed by atoms with E-state index in [9.17, 15) is 0 Å². The molecule has 4 atom stereocenters. The summed E-state index contributed by atoms with van der Waals surface area (Å²) in [7, 11) is 0. The molecule has 4 unspecified atom stereocenters. The highest BCUT2D eigenvalue weighted by atomic mass is 14.7. The van der Waals surface area contributed by atoms with Gasteiger partial charge in [-0.05, 0) is 17.8 Å². The summed E-state index contributed by atoms with van der Waals surface area (Å²) in [5, 5.41) is 0. The van der Waals surface area contributed by atoms with E-state index >= 15 is 0 Å². The molecule has 3 aliphatic rings. The van der Waals surface area contributed by atoms with Crippen LogP contribution < -0.4 is 0 Å². The van der Waals surface area contributed by atoms with Gasteiger partial charge in [0, 0.05) is 5.41 Å². The van der Waals surface area contributed by atoms with E-state index < -0.39 is 0 Å². The second kappa shape index (κ2) is 1.16. The molecule has 0 N–H and O–H groups in total. The van der Waals surface area contributed by atoms with Crippen molar-refractivity contribution in [1.82, 2.24) is 0 Å². The summed E-state index contributed by atoms with van der Waals surface area (Å²) in [6.45, 7) is 3.89. The zero-order valence-electron chi connectivity index (χ0n) is 5.83. The lowest BCUT2D eigenvalue weighted by Crippen LogP contribution is -1.95. The van der Waals surface area contributed by atoms with E-state index in [1.54, 1.807) is 0 Å². The fraction of sp³-hybridized carbons (Fsp3) is 0.400. The van der Waals surface area contributed by atoms with Gasteiger partial charge in [-0.1, -0.05) is 30.4 Å². The molecule has 0 radical (unpaired) electrons. The van der Waals surface area contributed by atoms with Crippen LogP contribution in [0.1, 0.15) is 0 Å². The lowest BCUT2D eigenvalue weighted by Gasteiger charge is -2.02. The van der Waals surface area contributed by atoms with Gasteiger partial charge in [0.15, 0.2) is 0 Å². The molecule has 0 bridgehead atoms. The smallest absolute Gasteiger partial charge is 0.0168 e. The Bertz CT molecular complexity index is 259. The Morgan fingerprint density at radius 3 is 2.80 bits per heavy atom. The van der Waals surface area contributed by atoms with E-state index in [-0.39, 0.29) is 0 Å². The molecule has 10 heavy (non-hydrogen) atoms. The lowest BCUT2D eigenvalue weighted by molar-refractivity contribution is 0.655. The third-order valence-corrected chi connectivity index (χ3v) is 3.35. The Hall–Kier alpha value is -0.780. The van der Waals surface area contributed by atoms with Gasteiger partial charge >= 0.3 is 0 Å². The van der Waals surface area contributed by atoms with Gasteiger partial charge < -0.3 is 0 Å². The minimum absolute atomic E-state index is 0.416. The van der Waals surface area contributed by atoms with Crippen molar-refractivity contribution in [2.45, 2.75) is 0 Å². The van der Waals surface area contributed by atoms with Gasteiger partial charge in [0.2, 0.25) is 0 Å². The van der Waals surface area contributed by atoms with Gasteiger partial charge in [0.25, 0.3) is 0 Å². The first kappa shape index (κ1) is 4.95. The molecule has 0 spiro atoms. The fourth-order valence-corrected chi connectivity index (χ4v) is 2.74. The van der Waals surface area contributed by atoms with Crippen LogP contribution in [0.4, 0.5) is 0 Å². The van der Waals surface area contributed by atoms with E-state index in [0.29, 0.717) is 5.41 Å². The molecule has 0 aromatic rings. The molecule has 0 nitrogen and oxygen atoms in total. The van der Waals surface area contributed by atoms with E-state index in [4.69, 9.17) is 0 Å². The molecule has 0 amide bonds. The summed E-state index contributed by atoms with van der Waals surface area (Å²) in [5.41, 5.74) is 0.416. The predicted octanol–water partition coefficient (Wildman–Crippen LogP) is 2.16. The van der Waals surface area contributed by atoms with Crippen LogP contribution in [0.15, 0.2) is 37.0 Å². The molecule has 0 aromatic heterocycles. The van der Waals surface area contributed by atoms with Gasteiger partial charge in [-0.25, -0.2) is 0 Å². The monoisotopic (exact) mass is 130 g/mol. The van der Waals surface area contributed by atoms with Crippen molar-refractivity contribution in [3.05, 3.63) is 37.0 Å². The SMILES string of the molecule is C=CC12C=CC3C=CC1C32. The number of hydrogen-bond donors (Lipinski definition) is 0. The summed E-state index contributed by atoms with van der Waals surface area (Å²) in [5.74, 6) is 2.45. The minimum Gasteiger partial charge on any atom is -0.102 e. The van der Waals surface area contributed by atoms with Crippen LogP contribution in [0.2, 0.25) is 0 Å². The van der Waals surface area contributed by atoms with Crippen molar-refractivity contribution < 1.29 is 0 Å².